The molecule has 0 aliphatic carbocycles. The van der Waals surface area contributed by atoms with Gasteiger partial charge < -0.3 is 14.8 Å². The predicted octanol–water partition coefficient (Wildman–Crippen LogP) is 5.73. The Kier molecular flexibility index (Phi) is 5.50. The fourth-order valence-electron chi connectivity index (χ4n) is 4.67. The third kappa shape index (κ3) is 3.69. The van der Waals surface area contributed by atoms with Gasteiger partial charge in [-0.2, -0.15) is 0 Å². The molecule has 3 heterocycles. The van der Waals surface area contributed by atoms with Crippen molar-refractivity contribution in [3.63, 3.8) is 0 Å². The summed E-state index contributed by atoms with van der Waals surface area (Å²) in [6.45, 7) is 5.25. The first kappa shape index (κ1) is 20.5. The van der Waals surface area contributed by atoms with E-state index in [4.69, 9.17) is 12.2 Å². The van der Waals surface area contributed by atoms with Gasteiger partial charge in [-0.3, -0.25) is 4.98 Å². The summed E-state index contributed by atoms with van der Waals surface area (Å²) in [4.78, 5) is 6.91. The lowest BCUT2D eigenvalue weighted by Gasteiger charge is -2.28. The third-order valence-electron chi connectivity index (χ3n) is 6.25. The summed E-state index contributed by atoms with van der Waals surface area (Å²) in [6, 6.07) is 29.3. The number of aryl methyl sites for hydroxylation is 1. The van der Waals surface area contributed by atoms with Gasteiger partial charge in [0.25, 0.3) is 0 Å². The summed E-state index contributed by atoms with van der Waals surface area (Å²) in [5.41, 5.74) is 7.14. The smallest absolute Gasteiger partial charge is 0.174 e. The highest BCUT2D eigenvalue weighted by atomic mass is 32.1. The zero-order valence-electron chi connectivity index (χ0n) is 18.3. The number of pyridine rings is 1. The Morgan fingerprint density at radius 2 is 1.59 bits per heavy atom. The fraction of sp³-hybridized carbons (Fsp3) is 0.185. The van der Waals surface area contributed by atoms with E-state index in [2.05, 4.69) is 100 Å². The number of aromatic nitrogens is 2. The van der Waals surface area contributed by atoms with Crippen LogP contribution in [0.4, 0.5) is 5.69 Å². The van der Waals surface area contributed by atoms with E-state index in [1.165, 1.54) is 22.5 Å². The van der Waals surface area contributed by atoms with Crippen molar-refractivity contribution in [1.29, 1.82) is 0 Å². The molecule has 1 N–H and O–H groups in total. The van der Waals surface area contributed by atoms with Crippen molar-refractivity contribution in [1.82, 2.24) is 14.9 Å². The number of rotatable bonds is 5. The molecule has 0 bridgehead atoms. The normalized spacial score (nSPS) is 18.1. The first-order valence-corrected chi connectivity index (χ1v) is 11.3. The molecule has 0 unspecified atom stereocenters. The first-order valence-electron chi connectivity index (χ1n) is 10.9. The molecule has 5 rings (SSSR count). The number of hydrogen-bond acceptors (Lipinski definition) is 2. The van der Waals surface area contributed by atoms with Crippen LogP contribution < -0.4 is 10.2 Å². The topological polar surface area (TPSA) is 33.1 Å². The largest absolute Gasteiger partial charge is 0.351 e. The fourth-order valence-corrected chi connectivity index (χ4v) is 5.02. The minimum absolute atomic E-state index is 0.00974. The lowest BCUT2D eigenvalue weighted by Crippen LogP contribution is -2.29. The first-order chi connectivity index (χ1) is 15.6. The summed E-state index contributed by atoms with van der Waals surface area (Å²) in [5, 5.41) is 4.29. The van der Waals surface area contributed by atoms with Gasteiger partial charge in [0.15, 0.2) is 5.11 Å². The van der Waals surface area contributed by atoms with Crippen LogP contribution in [0.2, 0.25) is 0 Å². The molecular weight excluding hydrogens is 412 g/mol. The maximum absolute atomic E-state index is 5.84. The average Bonchev–Trinajstić information content (AvgIpc) is 3.32. The van der Waals surface area contributed by atoms with Gasteiger partial charge in [-0.25, -0.2) is 0 Å². The highest BCUT2D eigenvalue weighted by Gasteiger charge is 2.42. The van der Waals surface area contributed by atoms with Gasteiger partial charge in [0.05, 0.1) is 17.8 Å². The molecule has 5 heteroatoms. The lowest BCUT2D eigenvalue weighted by atomic mass is 9.96. The van der Waals surface area contributed by atoms with E-state index < -0.39 is 0 Å². The van der Waals surface area contributed by atoms with E-state index in [-0.39, 0.29) is 12.1 Å². The molecular formula is C27H26N4S. The molecule has 4 aromatic rings. The van der Waals surface area contributed by atoms with Crippen molar-refractivity contribution in [2.24, 2.45) is 0 Å². The molecule has 0 spiro atoms. The maximum atomic E-state index is 5.84. The van der Waals surface area contributed by atoms with Crippen molar-refractivity contribution < 1.29 is 0 Å². The summed E-state index contributed by atoms with van der Waals surface area (Å²) >= 11 is 5.84. The summed E-state index contributed by atoms with van der Waals surface area (Å²) in [7, 11) is 0. The van der Waals surface area contributed by atoms with Gasteiger partial charge in [-0.05, 0) is 67.5 Å². The number of nitrogens with one attached hydrogen (secondary N) is 1. The standard InChI is InChI=1S/C27H26N4S/c1-19-17-23(20(2)30(19)18-21-11-5-3-6-12-21)26-25(24-15-9-10-16-28-24)29-27(32)31(26)22-13-7-4-8-14-22/h3-17,25-26H,18H2,1-2H3,(H,29,32)/t25-,26+/m1/s1. The minimum Gasteiger partial charge on any atom is -0.351 e. The molecule has 1 fully saturated rings. The molecule has 160 valence electrons. The second-order valence-electron chi connectivity index (χ2n) is 8.23. The SMILES string of the molecule is Cc1cc([C@H]2[C@@H](c3ccccn3)NC(=S)N2c2ccccc2)c(C)n1Cc1ccccc1. The molecule has 0 saturated carbocycles. The van der Waals surface area contributed by atoms with Crippen LogP contribution in [0.15, 0.2) is 91.1 Å². The Balaban J connectivity index is 1.62. The molecule has 1 saturated heterocycles. The van der Waals surface area contributed by atoms with Crippen molar-refractivity contribution in [3.8, 4) is 0 Å². The molecule has 0 amide bonds. The zero-order chi connectivity index (χ0) is 22.1. The van der Waals surface area contributed by atoms with Crippen LogP contribution >= 0.6 is 12.2 Å². The van der Waals surface area contributed by atoms with Gasteiger partial charge in [-0.1, -0.05) is 54.6 Å². The van der Waals surface area contributed by atoms with Crippen molar-refractivity contribution >= 4 is 23.0 Å². The van der Waals surface area contributed by atoms with Crippen molar-refractivity contribution in [3.05, 3.63) is 119 Å². The number of benzene rings is 2. The Hall–Kier alpha value is -3.44. The van der Waals surface area contributed by atoms with Crippen molar-refractivity contribution in [2.75, 3.05) is 4.90 Å². The Morgan fingerprint density at radius 1 is 0.906 bits per heavy atom. The van der Waals surface area contributed by atoms with Crippen LogP contribution in [0.3, 0.4) is 0 Å². The van der Waals surface area contributed by atoms with E-state index in [0.29, 0.717) is 0 Å². The summed E-state index contributed by atoms with van der Waals surface area (Å²) in [6.07, 6.45) is 1.85. The van der Waals surface area contributed by atoms with E-state index in [9.17, 15) is 0 Å². The number of thiocarbonyl (C=S) groups is 1. The number of nitrogens with zero attached hydrogens (tertiary/aromatic N) is 3. The van der Waals surface area contributed by atoms with Crippen LogP contribution in [0.5, 0.6) is 0 Å². The summed E-state index contributed by atoms with van der Waals surface area (Å²) in [5.74, 6) is 0. The van der Waals surface area contributed by atoms with Gasteiger partial charge in [0.2, 0.25) is 0 Å². The van der Waals surface area contributed by atoms with E-state index in [0.717, 1.165) is 23.0 Å². The quantitative estimate of drug-likeness (QED) is 0.404. The van der Waals surface area contributed by atoms with E-state index in [1.807, 2.05) is 24.4 Å². The van der Waals surface area contributed by atoms with E-state index >= 15 is 0 Å². The van der Waals surface area contributed by atoms with Gasteiger partial charge in [-0.15, -0.1) is 0 Å². The molecule has 0 radical (unpaired) electrons. The third-order valence-corrected chi connectivity index (χ3v) is 6.56. The highest BCUT2D eigenvalue weighted by molar-refractivity contribution is 7.80. The zero-order valence-corrected chi connectivity index (χ0v) is 19.1. The van der Waals surface area contributed by atoms with Gasteiger partial charge in [0, 0.05) is 29.8 Å². The van der Waals surface area contributed by atoms with Crippen LogP contribution in [0.1, 0.15) is 40.3 Å². The highest BCUT2D eigenvalue weighted by Crippen LogP contribution is 2.43. The average molecular weight is 439 g/mol. The molecule has 32 heavy (non-hydrogen) atoms. The molecule has 2 atom stereocenters. The summed E-state index contributed by atoms with van der Waals surface area (Å²) < 4.78 is 2.39. The van der Waals surface area contributed by atoms with E-state index in [1.54, 1.807) is 0 Å². The van der Waals surface area contributed by atoms with Gasteiger partial charge in [0.1, 0.15) is 0 Å². The number of anilines is 1. The number of hydrogen-bond donors (Lipinski definition) is 1. The molecule has 2 aromatic heterocycles. The van der Waals surface area contributed by atoms with Gasteiger partial charge >= 0.3 is 0 Å². The van der Waals surface area contributed by atoms with Crippen LogP contribution in [0, 0.1) is 13.8 Å². The van der Waals surface area contributed by atoms with Crippen molar-refractivity contribution in [2.45, 2.75) is 32.5 Å². The van der Waals surface area contributed by atoms with Crippen LogP contribution in [0.25, 0.3) is 0 Å². The Bertz CT molecular complexity index is 1220. The Morgan fingerprint density at radius 3 is 2.28 bits per heavy atom. The van der Waals surface area contributed by atoms with Crippen LogP contribution in [-0.2, 0) is 6.54 Å². The molecule has 1 aliphatic rings. The Labute approximate surface area is 194 Å². The maximum Gasteiger partial charge on any atom is 0.174 e. The lowest BCUT2D eigenvalue weighted by molar-refractivity contribution is 0.563. The molecule has 2 aromatic carbocycles. The monoisotopic (exact) mass is 438 g/mol. The predicted molar refractivity (Wildman–Crippen MR) is 134 cm³/mol. The number of para-hydroxylation sites is 1. The molecule has 4 nitrogen and oxygen atoms in total. The second-order valence-corrected chi connectivity index (χ2v) is 8.62. The minimum atomic E-state index is -0.0328. The van der Waals surface area contributed by atoms with Crippen LogP contribution in [-0.4, -0.2) is 14.7 Å². The second kappa shape index (κ2) is 8.60. The molecule has 1 aliphatic heterocycles.